The number of nitrogen functional groups attached to an aromatic ring is 1. The van der Waals surface area contributed by atoms with Gasteiger partial charge in [0, 0.05) is 16.6 Å². The molecule has 1 aromatic heterocycles. The molecule has 0 aliphatic rings. The van der Waals surface area contributed by atoms with Crippen molar-refractivity contribution < 1.29 is 4.74 Å². The average Bonchev–Trinajstić information content (AvgIpc) is 2.63. The van der Waals surface area contributed by atoms with E-state index in [1.54, 1.807) is 0 Å². The molecule has 0 saturated heterocycles. The number of nitrogens with two attached hydrogens (primary N) is 1. The van der Waals surface area contributed by atoms with E-state index in [1.807, 2.05) is 84.9 Å². The fourth-order valence-electron chi connectivity index (χ4n) is 2.72. The number of aromatic nitrogens is 1. The number of benzene rings is 3. The third kappa shape index (κ3) is 2.68. The number of rotatable bonds is 3. The quantitative estimate of drug-likeness (QED) is 0.560. The van der Waals surface area contributed by atoms with Gasteiger partial charge in [0.2, 0.25) is 0 Å². The van der Waals surface area contributed by atoms with E-state index in [9.17, 15) is 0 Å². The van der Waals surface area contributed by atoms with Gasteiger partial charge >= 0.3 is 0 Å². The van der Waals surface area contributed by atoms with Gasteiger partial charge in [-0.05, 0) is 36.4 Å². The van der Waals surface area contributed by atoms with Gasteiger partial charge in [-0.25, -0.2) is 4.98 Å². The van der Waals surface area contributed by atoms with Gasteiger partial charge in [0.15, 0.2) is 0 Å². The fourth-order valence-corrected chi connectivity index (χ4v) is 2.72. The molecule has 0 radical (unpaired) electrons. The van der Waals surface area contributed by atoms with Gasteiger partial charge in [-0.1, -0.05) is 48.5 Å². The van der Waals surface area contributed by atoms with Crippen LogP contribution in [0.4, 0.5) is 5.69 Å². The summed E-state index contributed by atoms with van der Waals surface area (Å²) < 4.78 is 6.04. The number of hydrogen-bond acceptors (Lipinski definition) is 3. The SMILES string of the molecule is Nc1cc(-c2ccccc2Oc2ccccc2)nc2ccccc12. The molecule has 0 amide bonds. The summed E-state index contributed by atoms with van der Waals surface area (Å²) in [7, 11) is 0. The maximum atomic E-state index is 6.22. The molecule has 0 aliphatic heterocycles. The summed E-state index contributed by atoms with van der Waals surface area (Å²) >= 11 is 0. The lowest BCUT2D eigenvalue weighted by molar-refractivity contribution is 0.484. The molecule has 0 atom stereocenters. The van der Waals surface area contributed by atoms with E-state index in [1.165, 1.54) is 0 Å². The maximum Gasteiger partial charge on any atom is 0.136 e. The summed E-state index contributed by atoms with van der Waals surface area (Å²) in [6, 6.07) is 27.4. The van der Waals surface area contributed by atoms with E-state index in [-0.39, 0.29) is 0 Å². The van der Waals surface area contributed by atoms with E-state index in [0.717, 1.165) is 33.7 Å². The van der Waals surface area contributed by atoms with Crippen LogP contribution >= 0.6 is 0 Å². The van der Waals surface area contributed by atoms with Crippen LogP contribution in [0, 0.1) is 0 Å². The van der Waals surface area contributed by atoms with Crippen LogP contribution in [-0.4, -0.2) is 4.98 Å². The number of nitrogens with zero attached hydrogens (tertiary/aromatic N) is 1. The lowest BCUT2D eigenvalue weighted by Crippen LogP contribution is -1.94. The number of hydrogen-bond donors (Lipinski definition) is 1. The van der Waals surface area contributed by atoms with Crippen LogP contribution in [0.3, 0.4) is 0 Å². The average molecular weight is 312 g/mol. The molecule has 0 unspecified atom stereocenters. The normalized spacial score (nSPS) is 10.7. The van der Waals surface area contributed by atoms with Gasteiger partial charge in [-0.2, -0.15) is 0 Å². The van der Waals surface area contributed by atoms with Gasteiger partial charge in [0.1, 0.15) is 11.5 Å². The van der Waals surface area contributed by atoms with Crippen molar-refractivity contribution in [3.63, 3.8) is 0 Å². The summed E-state index contributed by atoms with van der Waals surface area (Å²) in [5.41, 5.74) is 9.53. The first-order chi connectivity index (χ1) is 11.8. The largest absolute Gasteiger partial charge is 0.457 e. The number of anilines is 1. The van der Waals surface area contributed by atoms with E-state index >= 15 is 0 Å². The zero-order valence-corrected chi connectivity index (χ0v) is 13.0. The van der Waals surface area contributed by atoms with E-state index in [0.29, 0.717) is 5.69 Å². The van der Waals surface area contributed by atoms with Crippen molar-refractivity contribution in [1.29, 1.82) is 0 Å². The highest BCUT2D eigenvalue weighted by atomic mass is 16.5. The molecule has 4 rings (SSSR count). The Labute approximate surface area is 140 Å². The van der Waals surface area contributed by atoms with Crippen molar-refractivity contribution in [2.45, 2.75) is 0 Å². The van der Waals surface area contributed by atoms with Gasteiger partial charge in [-0.15, -0.1) is 0 Å². The first-order valence-corrected chi connectivity index (χ1v) is 7.79. The van der Waals surface area contributed by atoms with Crippen molar-refractivity contribution in [3.05, 3.63) is 84.9 Å². The fraction of sp³-hybridized carbons (Fsp3) is 0. The van der Waals surface area contributed by atoms with E-state index in [2.05, 4.69) is 0 Å². The minimum absolute atomic E-state index is 0.713. The Morgan fingerprint density at radius 3 is 2.33 bits per heavy atom. The highest BCUT2D eigenvalue weighted by Gasteiger charge is 2.10. The summed E-state index contributed by atoms with van der Waals surface area (Å²) in [6.07, 6.45) is 0. The molecule has 0 saturated carbocycles. The zero-order valence-electron chi connectivity index (χ0n) is 13.0. The van der Waals surface area contributed by atoms with Crippen molar-refractivity contribution in [2.75, 3.05) is 5.73 Å². The monoisotopic (exact) mass is 312 g/mol. The first kappa shape index (κ1) is 14.3. The smallest absolute Gasteiger partial charge is 0.136 e. The second kappa shape index (κ2) is 6.05. The molecule has 0 aliphatic carbocycles. The molecule has 0 spiro atoms. The predicted molar refractivity (Wildman–Crippen MR) is 98.1 cm³/mol. The summed E-state index contributed by atoms with van der Waals surface area (Å²) in [6.45, 7) is 0. The summed E-state index contributed by atoms with van der Waals surface area (Å²) in [5, 5.41) is 0.961. The van der Waals surface area contributed by atoms with Crippen LogP contribution in [0.25, 0.3) is 22.2 Å². The molecule has 0 bridgehead atoms. The number of para-hydroxylation sites is 3. The van der Waals surface area contributed by atoms with Crippen LogP contribution in [0.5, 0.6) is 11.5 Å². The molecule has 4 aromatic rings. The Bertz CT molecular complexity index is 997. The molecule has 24 heavy (non-hydrogen) atoms. The molecule has 116 valence electrons. The lowest BCUT2D eigenvalue weighted by atomic mass is 10.1. The summed E-state index contributed by atoms with van der Waals surface area (Å²) in [4.78, 5) is 4.75. The minimum atomic E-state index is 0.713. The zero-order chi connectivity index (χ0) is 16.4. The summed E-state index contributed by atoms with van der Waals surface area (Å²) in [5.74, 6) is 1.55. The number of ether oxygens (including phenoxy) is 1. The second-order valence-electron chi connectivity index (χ2n) is 5.53. The molecule has 0 fully saturated rings. The molecule has 2 N–H and O–H groups in total. The van der Waals surface area contributed by atoms with Crippen molar-refractivity contribution in [3.8, 4) is 22.8 Å². The molecule has 3 nitrogen and oxygen atoms in total. The second-order valence-corrected chi connectivity index (χ2v) is 5.53. The van der Waals surface area contributed by atoms with Gasteiger partial charge in [-0.3, -0.25) is 0 Å². The van der Waals surface area contributed by atoms with Crippen LogP contribution in [0.2, 0.25) is 0 Å². The standard InChI is InChI=1S/C21H16N2O/c22-18-14-20(23-19-12-6-4-10-16(18)19)17-11-5-7-13-21(17)24-15-8-2-1-3-9-15/h1-14H,(H2,22,23). The van der Waals surface area contributed by atoms with E-state index in [4.69, 9.17) is 15.5 Å². The topological polar surface area (TPSA) is 48.1 Å². The van der Waals surface area contributed by atoms with E-state index < -0.39 is 0 Å². The lowest BCUT2D eigenvalue weighted by Gasteiger charge is -2.12. The van der Waals surface area contributed by atoms with Crippen LogP contribution in [-0.2, 0) is 0 Å². The number of pyridine rings is 1. The molecular weight excluding hydrogens is 296 g/mol. The Morgan fingerprint density at radius 1 is 0.750 bits per heavy atom. The molecule has 3 aromatic carbocycles. The Morgan fingerprint density at radius 2 is 1.46 bits per heavy atom. The first-order valence-electron chi connectivity index (χ1n) is 7.79. The van der Waals surface area contributed by atoms with Crippen LogP contribution in [0.15, 0.2) is 84.9 Å². The highest BCUT2D eigenvalue weighted by Crippen LogP contribution is 2.34. The van der Waals surface area contributed by atoms with Crippen molar-refractivity contribution in [2.24, 2.45) is 0 Å². The Hall–Kier alpha value is -3.33. The maximum absolute atomic E-state index is 6.22. The predicted octanol–water partition coefficient (Wildman–Crippen LogP) is 5.28. The third-order valence-corrected chi connectivity index (χ3v) is 3.88. The molecular formula is C21H16N2O. The van der Waals surface area contributed by atoms with Gasteiger partial charge < -0.3 is 10.5 Å². The van der Waals surface area contributed by atoms with Crippen LogP contribution < -0.4 is 10.5 Å². The van der Waals surface area contributed by atoms with Crippen LogP contribution in [0.1, 0.15) is 0 Å². The van der Waals surface area contributed by atoms with Gasteiger partial charge in [0.05, 0.1) is 11.2 Å². The van der Waals surface area contributed by atoms with Crippen molar-refractivity contribution in [1.82, 2.24) is 4.98 Å². The Balaban J connectivity index is 1.82. The minimum Gasteiger partial charge on any atom is -0.457 e. The third-order valence-electron chi connectivity index (χ3n) is 3.88. The van der Waals surface area contributed by atoms with Gasteiger partial charge in [0.25, 0.3) is 0 Å². The van der Waals surface area contributed by atoms with Crippen molar-refractivity contribution >= 4 is 16.6 Å². The molecule has 3 heteroatoms. The highest BCUT2D eigenvalue weighted by molar-refractivity contribution is 5.93. The Kier molecular flexibility index (Phi) is 3.60. The molecule has 1 heterocycles. The number of fused-ring (bicyclic) bond motifs is 1.